The van der Waals surface area contributed by atoms with Crippen LogP contribution in [-0.4, -0.2) is 11.9 Å². The minimum atomic E-state index is 0.931. The van der Waals surface area contributed by atoms with Gasteiger partial charge in [-0.1, -0.05) is 72.7 Å². The number of hydrogen-bond donors (Lipinski definition) is 0. The van der Waals surface area contributed by atoms with Gasteiger partial charge < -0.3 is 4.90 Å². The topological polar surface area (TPSA) is 3.24 Å². The molecule has 0 aromatic heterocycles. The van der Waals surface area contributed by atoms with Crippen molar-refractivity contribution in [2.75, 3.05) is 7.05 Å². The minimum absolute atomic E-state index is 0.931. The Hall–Kier alpha value is -2.02. The van der Waals surface area contributed by atoms with E-state index in [1.165, 1.54) is 28.0 Å². The molecule has 0 fully saturated rings. The molecule has 0 spiro atoms. The summed E-state index contributed by atoms with van der Waals surface area (Å²) in [6.07, 6.45) is 3.35. The van der Waals surface area contributed by atoms with E-state index in [0.717, 1.165) is 13.0 Å². The van der Waals surface area contributed by atoms with Gasteiger partial charge >= 0.3 is 0 Å². The zero-order valence-electron chi connectivity index (χ0n) is 13.6. The molecular formula is C20H25N. The van der Waals surface area contributed by atoms with E-state index < -0.39 is 0 Å². The van der Waals surface area contributed by atoms with Gasteiger partial charge in [0.15, 0.2) is 0 Å². The second kappa shape index (κ2) is 7.12. The summed E-state index contributed by atoms with van der Waals surface area (Å²) in [4.78, 5) is 2.33. The van der Waals surface area contributed by atoms with Crippen LogP contribution in [0.4, 0.5) is 0 Å². The monoisotopic (exact) mass is 279 g/mol. The van der Waals surface area contributed by atoms with Gasteiger partial charge in [-0.3, -0.25) is 0 Å². The highest BCUT2D eigenvalue weighted by molar-refractivity contribution is 5.64. The smallest absolute Gasteiger partial charge is 0.0426 e. The molecule has 2 aromatic carbocycles. The van der Waals surface area contributed by atoms with Crippen LogP contribution >= 0.6 is 0 Å². The quantitative estimate of drug-likeness (QED) is 0.728. The Morgan fingerprint density at radius 3 is 1.95 bits per heavy atom. The van der Waals surface area contributed by atoms with Crippen LogP contribution in [-0.2, 0) is 6.54 Å². The van der Waals surface area contributed by atoms with Crippen molar-refractivity contribution in [3.05, 3.63) is 76.9 Å². The maximum atomic E-state index is 2.33. The molecule has 0 aliphatic rings. The van der Waals surface area contributed by atoms with Crippen LogP contribution in [0.25, 0.3) is 5.70 Å². The van der Waals surface area contributed by atoms with Gasteiger partial charge in [0, 0.05) is 19.3 Å². The van der Waals surface area contributed by atoms with E-state index in [1.54, 1.807) is 0 Å². The number of rotatable bonds is 5. The van der Waals surface area contributed by atoms with E-state index in [-0.39, 0.29) is 0 Å². The Morgan fingerprint density at radius 1 is 0.905 bits per heavy atom. The maximum Gasteiger partial charge on any atom is 0.0426 e. The second-order valence-corrected chi connectivity index (χ2v) is 5.71. The third-order valence-corrected chi connectivity index (χ3v) is 3.70. The zero-order valence-corrected chi connectivity index (χ0v) is 13.6. The highest BCUT2D eigenvalue weighted by Gasteiger charge is 2.07. The van der Waals surface area contributed by atoms with E-state index >= 15 is 0 Å². The van der Waals surface area contributed by atoms with Crippen molar-refractivity contribution in [3.63, 3.8) is 0 Å². The van der Waals surface area contributed by atoms with Crippen LogP contribution in [0.1, 0.15) is 35.6 Å². The van der Waals surface area contributed by atoms with Crippen molar-refractivity contribution >= 4 is 5.70 Å². The summed E-state index contributed by atoms with van der Waals surface area (Å²) in [5, 5.41) is 0. The summed E-state index contributed by atoms with van der Waals surface area (Å²) < 4.78 is 0. The third kappa shape index (κ3) is 4.22. The van der Waals surface area contributed by atoms with Crippen LogP contribution < -0.4 is 0 Å². The Balaban J connectivity index is 2.19. The predicted octanol–water partition coefficient (Wildman–Crippen LogP) is 5.19. The maximum absolute atomic E-state index is 2.33. The van der Waals surface area contributed by atoms with Gasteiger partial charge in [-0.25, -0.2) is 0 Å². The van der Waals surface area contributed by atoms with Gasteiger partial charge in [-0.15, -0.1) is 0 Å². The Kier molecular flexibility index (Phi) is 5.21. The standard InChI is InChI=1S/C20H25N/c1-5-6-20(19-13-9-17(3)10-14-19)21(4)15-18-11-7-16(2)8-12-18/h6-14H,5,15H2,1-4H3/b20-6-. The van der Waals surface area contributed by atoms with Gasteiger partial charge in [-0.2, -0.15) is 0 Å². The number of nitrogens with zero attached hydrogens (tertiary/aromatic N) is 1. The second-order valence-electron chi connectivity index (χ2n) is 5.71. The van der Waals surface area contributed by atoms with Gasteiger partial charge in [-0.05, 0) is 31.4 Å². The summed E-state index contributed by atoms with van der Waals surface area (Å²) in [5.74, 6) is 0. The molecule has 0 amide bonds. The van der Waals surface area contributed by atoms with Gasteiger partial charge in [0.2, 0.25) is 0 Å². The molecule has 2 rings (SSSR count). The lowest BCUT2D eigenvalue weighted by molar-refractivity contribution is 0.474. The molecule has 1 nitrogen and oxygen atoms in total. The normalized spacial score (nSPS) is 11.5. The summed E-state index contributed by atoms with van der Waals surface area (Å²) in [6, 6.07) is 17.6. The lowest BCUT2D eigenvalue weighted by Crippen LogP contribution is -2.16. The molecule has 0 radical (unpaired) electrons. The van der Waals surface area contributed by atoms with Crippen molar-refractivity contribution in [1.82, 2.24) is 4.90 Å². The molecule has 1 heteroatoms. The van der Waals surface area contributed by atoms with E-state index in [9.17, 15) is 0 Å². The first kappa shape index (κ1) is 15.4. The van der Waals surface area contributed by atoms with E-state index in [2.05, 4.69) is 87.3 Å². The lowest BCUT2D eigenvalue weighted by Gasteiger charge is -2.23. The average Bonchev–Trinajstić information content (AvgIpc) is 2.48. The first-order valence-corrected chi connectivity index (χ1v) is 7.64. The number of allylic oxidation sites excluding steroid dienone is 1. The predicted molar refractivity (Wildman–Crippen MR) is 92.1 cm³/mol. The van der Waals surface area contributed by atoms with Crippen molar-refractivity contribution in [2.24, 2.45) is 0 Å². The van der Waals surface area contributed by atoms with Crippen molar-refractivity contribution in [2.45, 2.75) is 33.7 Å². The fourth-order valence-electron chi connectivity index (χ4n) is 2.46. The first-order valence-electron chi connectivity index (χ1n) is 7.64. The van der Waals surface area contributed by atoms with Crippen LogP contribution in [0.5, 0.6) is 0 Å². The highest BCUT2D eigenvalue weighted by atomic mass is 15.1. The van der Waals surface area contributed by atoms with Gasteiger partial charge in [0.05, 0.1) is 0 Å². The molecule has 2 aromatic rings. The molecule has 0 aliphatic heterocycles. The number of hydrogen-bond acceptors (Lipinski definition) is 1. The van der Waals surface area contributed by atoms with Crippen molar-refractivity contribution in [1.29, 1.82) is 0 Å². The third-order valence-electron chi connectivity index (χ3n) is 3.70. The fraction of sp³-hybridized carbons (Fsp3) is 0.300. The van der Waals surface area contributed by atoms with Gasteiger partial charge in [0.25, 0.3) is 0 Å². The Labute approximate surface area is 128 Å². The molecule has 0 saturated carbocycles. The molecule has 21 heavy (non-hydrogen) atoms. The number of benzene rings is 2. The van der Waals surface area contributed by atoms with Crippen LogP contribution in [0.2, 0.25) is 0 Å². The zero-order chi connectivity index (χ0) is 15.2. The molecule has 0 unspecified atom stereocenters. The highest BCUT2D eigenvalue weighted by Crippen LogP contribution is 2.21. The lowest BCUT2D eigenvalue weighted by atomic mass is 10.1. The summed E-state index contributed by atoms with van der Waals surface area (Å²) >= 11 is 0. The molecule has 0 aliphatic carbocycles. The molecule has 110 valence electrons. The van der Waals surface area contributed by atoms with E-state index in [1.807, 2.05) is 0 Å². The molecule has 0 N–H and O–H groups in total. The average molecular weight is 279 g/mol. The first-order chi connectivity index (χ1) is 10.1. The summed E-state index contributed by atoms with van der Waals surface area (Å²) in [5.41, 5.74) is 6.55. The molecule has 0 atom stereocenters. The fourth-order valence-corrected chi connectivity index (χ4v) is 2.46. The molecule has 0 heterocycles. The van der Waals surface area contributed by atoms with Crippen LogP contribution in [0.3, 0.4) is 0 Å². The molecule has 0 saturated heterocycles. The molecular weight excluding hydrogens is 254 g/mol. The van der Waals surface area contributed by atoms with Crippen LogP contribution in [0, 0.1) is 13.8 Å². The summed E-state index contributed by atoms with van der Waals surface area (Å²) in [7, 11) is 2.17. The minimum Gasteiger partial charge on any atom is -0.370 e. The molecule has 0 bridgehead atoms. The summed E-state index contributed by atoms with van der Waals surface area (Å²) in [6.45, 7) is 7.37. The van der Waals surface area contributed by atoms with E-state index in [0.29, 0.717) is 0 Å². The SMILES string of the molecule is CC/C=C(/c1ccc(C)cc1)N(C)Cc1ccc(C)cc1. The Morgan fingerprint density at radius 2 is 1.43 bits per heavy atom. The van der Waals surface area contributed by atoms with Crippen molar-refractivity contribution < 1.29 is 0 Å². The number of aryl methyl sites for hydroxylation is 2. The largest absolute Gasteiger partial charge is 0.370 e. The van der Waals surface area contributed by atoms with Crippen molar-refractivity contribution in [3.8, 4) is 0 Å². The van der Waals surface area contributed by atoms with Gasteiger partial charge in [0.1, 0.15) is 0 Å². The van der Waals surface area contributed by atoms with E-state index in [4.69, 9.17) is 0 Å². The Bertz CT molecular complexity index is 591. The van der Waals surface area contributed by atoms with Crippen LogP contribution in [0.15, 0.2) is 54.6 Å².